The van der Waals surface area contributed by atoms with Gasteiger partial charge in [-0.25, -0.2) is 13.2 Å². The van der Waals surface area contributed by atoms with Crippen molar-refractivity contribution >= 4 is 64.5 Å². The molecule has 3 aromatic carbocycles. The van der Waals surface area contributed by atoms with Gasteiger partial charge in [-0.15, -0.1) is 0 Å². The summed E-state index contributed by atoms with van der Waals surface area (Å²) in [4.78, 5) is 12.4. The highest BCUT2D eigenvalue weighted by atomic mass is 79.9. The van der Waals surface area contributed by atoms with Crippen LogP contribution in [0.4, 0.5) is 5.69 Å². The molecule has 34 heavy (non-hydrogen) atoms. The van der Waals surface area contributed by atoms with Crippen LogP contribution in [0.3, 0.4) is 0 Å². The van der Waals surface area contributed by atoms with Crippen molar-refractivity contribution in [3.05, 3.63) is 92.6 Å². The Bertz CT molecular complexity index is 1450. The summed E-state index contributed by atoms with van der Waals surface area (Å²) < 4.78 is 41.3. The third-order valence-corrected chi connectivity index (χ3v) is 8.16. The molecule has 1 aromatic heterocycles. The lowest BCUT2D eigenvalue weighted by atomic mass is 10.1. The van der Waals surface area contributed by atoms with E-state index >= 15 is 0 Å². The number of rotatable bonds is 7. The number of hydrogen-bond donors (Lipinski definition) is 0. The maximum absolute atomic E-state index is 13.7. The molecule has 0 aliphatic heterocycles. The first-order chi connectivity index (χ1) is 16.2. The molecule has 0 amide bonds. The van der Waals surface area contributed by atoms with Crippen LogP contribution in [-0.2, 0) is 21.3 Å². The summed E-state index contributed by atoms with van der Waals surface area (Å²) in [7, 11) is -3.90. The van der Waals surface area contributed by atoms with E-state index < -0.39 is 16.0 Å². The Kier molecular flexibility index (Phi) is 7.16. The van der Waals surface area contributed by atoms with E-state index in [0.717, 1.165) is 14.5 Å². The Morgan fingerprint density at radius 1 is 0.971 bits per heavy atom. The number of esters is 1. The molecule has 0 bridgehead atoms. The van der Waals surface area contributed by atoms with Crippen molar-refractivity contribution in [1.29, 1.82) is 0 Å². The number of nitrogens with zero attached hydrogens (tertiary/aromatic N) is 1. The first-order valence-electron chi connectivity index (χ1n) is 10.4. The van der Waals surface area contributed by atoms with E-state index in [1.165, 1.54) is 4.31 Å². The summed E-state index contributed by atoms with van der Waals surface area (Å²) in [5, 5.41) is 0.646. The zero-order valence-electron chi connectivity index (χ0n) is 18.4. The average Bonchev–Trinajstić information content (AvgIpc) is 3.15. The lowest BCUT2D eigenvalue weighted by Crippen LogP contribution is -2.30. The predicted octanol–water partition coefficient (Wildman–Crippen LogP) is 6.84. The molecule has 0 aliphatic rings. The van der Waals surface area contributed by atoms with Gasteiger partial charge in [0, 0.05) is 19.9 Å². The summed E-state index contributed by atoms with van der Waals surface area (Å²) in [6.45, 7) is 3.83. The topological polar surface area (TPSA) is 76.8 Å². The largest absolute Gasteiger partial charge is 0.460 e. The molecule has 0 saturated heterocycles. The molecule has 9 heteroatoms. The van der Waals surface area contributed by atoms with Gasteiger partial charge in [0.25, 0.3) is 10.0 Å². The van der Waals surface area contributed by atoms with E-state index in [0.29, 0.717) is 22.2 Å². The minimum Gasteiger partial charge on any atom is -0.460 e. The average molecular weight is 607 g/mol. The molecule has 0 spiro atoms. The molecule has 0 saturated carbocycles. The van der Waals surface area contributed by atoms with Gasteiger partial charge in [-0.3, -0.25) is 4.31 Å². The van der Waals surface area contributed by atoms with E-state index in [2.05, 4.69) is 31.9 Å². The van der Waals surface area contributed by atoms with E-state index in [1.54, 1.807) is 56.3 Å². The van der Waals surface area contributed by atoms with Crippen LogP contribution in [0.2, 0.25) is 0 Å². The summed E-state index contributed by atoms with van der Waals surface area (Å²) in [6.07, 6.45) is 0. The van der Waals surface area contributed by atoms with Gasteiger partial charge in [-0.1, -0.05) is 44.0 Å². The fourth-order valence-corrected chi connectivity index (χ4v) is 5.53. The van der Waals surface area contributed by atoms with E-state index in [9.17, 15) is 13.2 Å². The van der Waals surface area contributed by atoms with Crippen LogP contribution in [0.5, 0.6) is 0 Å². The Labute approximate surface area is 214 Å². The Morgan fingerprint density at radius 3 is 2.21 bits per heavy atom. The maximum atomic E-state index is 13.7. The third-order valence-electron chi connectivity index (χ3n) is 5.31. The van der Waals surface area contributed by atoms with Gasteiger partial charge in [-0.2, -0.15) is 0 Å². The summed E-state index contributed by atoms with van der Waals surface area (Å²) in [6, 6.07) is 19.1. The second kappa shape index (κ2) is 9.93. The highest BCUT2D eigenvalue weighted by Gasteiger charge is 2.27. The van der Waals surface area contributed by atoms with Gasteiger partial charge in [0.05, 0.1) is 23.7 Å². The molecule has 0 radical (unpaired) electrons. The van der Waals surface area contributed by atoms with E-state index in [4.69, 9.17) is 9.15 Å². The van der Waals surface area contributed by atoms with Crippen LogP contribution in [0.25, 0.3) is 11.0 Å². The highest BCUT2D eigenvalue weighted by Crippen LogP contribution is 2.33. The van der Waals surface area contributed by atoms with Crippen LogP contribution >= 0.6 is 31.9 Å². The van der Waals surface area contributed by atoms with Crippen LogP contribution < -0.4 is 4.31 Å². The van der Waals surface area contributed by atoms with Gasteiger partial charge >= 0.3 is 5.97 Å². The van der Waals surface area contributed by atoms with E-state index in [1.807, 2.05) is 24.3 Å². The zero-order chi connectivity index (χ0) is 24.5. The Morgan fingerprint density at radius 2 is 1.59 bits per heavy atom. The second-order valence-electron chi connectivity index (χ2n) is 7.55. The minimum absolute atomic E-state index is 0.115. The first kappa shape index (κ1) is 24.5. The number of carbonyl (C=O) groups is 1. The molecule has 6 nitrogen and oxygen atoms in total. The summed E-state index contributed by atoms with van der Waals surface area (Å²) >= 11 is 6.77. The predicted molar refractivity (Wildman–Crippen MR) is 139 cm³/mol. The molecule has 0 atom stereocenters. The molecular formula is C25H21Br2NO5S. The summed E-state index contributed by atoms with van der Waals surface area (Å²) in [5.41, 5.74) is 2.35. The van der Waals surface area contributed by atoms with Gasteiger partial charge < -0.3 is 9.15 Å². The van der Waals surface area contributed by atoms with Crippen molar-refractivity contribution < 1.29 is 22.4 Å². The van der Waals surface area contributed by atoms with Crippen molar-refractivity contribution in [2.24, 2.45) is 0 Å². The van der Waals surface area contributed by atoms with Crippen molar-refractivity contribution in [3.63, 3.8) is 0 Å². The van der Waals surface area contributed by atoms with E-state index in [-0.39, 0.29) is 23.8 Å². The second-order valence-corrected chi connectivity index (χ2v) is 11.2. The Balaban J connectivity index is 1.83. The molecule has 4 rings (SSSR count). The number of ether oxygens (including phenoxy) is 1. The molecule has 0 N–H and O–H groups in total. The number of anilines is 1. The normalized spacial score (nSPS) is 11.5. The van der Waals surface area contributed by atoms with Crippen molar-refractivity contribution in [3.8, 4) is 0 Å². The third kappa shape index (κ3) is 4.92. The van der Waals surface area contributed by atoms with Crippen molar-refractivity contribution in [2.75, 3.05) is 10.9 Å². The molecule has 0 aliphatic carbocycles. The van der Waals surface area contributed by atoms with Gasteiger partial charge in [-0.05, 0) is 74.0 Å². The molecular weight excluding hydrogens is 586 g/mol. The zero-order valence-corrected chi connectivity index (χ0v) is 22.4. The molecule has 0 unspecified atom stereocenters. The number of fused-ring (bicyclic) bond motifs is 1. The number of carbonyl (C=O) groups excluding carboxylic acids is 1. The van der Waals surface area contributed by atoms with Crippen LogP contribution in [0, 0.1) is 6.92 Å². The van der Waals surface area contributed by atoms with Crippen molar-refractivity contribution in [1.82, 2.24) is 0 Å². The lowest BCUT2D eigenvalue weighted by Gasteiger charge is -2.25. The van der Waals surface area contributed by atoms with Gasteiger partial charge in [0.1, 0.15) is 5.58 Å². The number of benzene rings is 3. The molecule has 176 valence electrons. The number of sulfonamides is 1. The highest BCUT2D eigenvalue weighted by molar-refractivity contribution is 9.10. The SMILES string of the molecule is CCOC(=O)c1oc2ccc(N(Cc3ccc(Br)cc3)S(=O)(=O)c3ccc(Br)cc3)cc2c1C. The number of aryl methyl sites for hydroxylation is 1. The first-order valence-corrected chi connectivity index (χ1v) is 13.5. The smallest absolute Gasteiger partial charge is 0.374 e. The minimum atomic E-state index is -3.90. The molecule has 0 fully saturated rings. The summed E-state index contributed by atoms with van der Waals surface area (Å²) in [5.74, 6) is -0.434. The standard InChI is InChI=1S/C25H21Br2NO5S/c1-3-32-25(29)24-16(2)22-14-20(10-13-23(22)33-24)28(15-17-4-6-18(26)7-5-17)34(30,31)21-11-8-19(27)9-12-21/h4-14H,3,15H2,1-2H3. The fraction of sp³-hybridized carbons (Fsp3) is 0.160. The lowest BCUT2D eigenvalue weighted by molar-refractivity contribution is 0.0491. The van der Waals surface area contributed by atoms with Crippen LogP contribution in [-0.4, -0.2) is 21.0 Å². The number of furan rings is 1. The maximum Gasteiger partial charge on any atom is 0.374 e. The molecule has 1 heterocycles. The number of halogens is 2. The monoisotopic (exact) mass is 605 g/mol. The fourth-order valence-electron chi connectivity index (χ4n) is 3.56. The van der Waals surface area contributed by atoms with Crippen molar-refractivity contribution in [2.45, 2.75) is 25.3 Å². The molecule has 4 aromatic rings. The quantitative estimate of drug-likeness (QED) is 0.215. The van der Waals surface area contributed by atoms with Gasteiger partial charge in [0.15, 0.2) is 0 Å². The number of hydrogen-bond acceptors (Lipinski definition) is 5. The van der Waals surface area contributed by atoms with Gasteiger partial charge in [0.2, 0.25) is 5.76 Å². The van der Waals surface area contributed by atoms with Crippen LogP contribution in [0.1, 0.15) is 28.6 Å². The Hall–Kier alpha value is -2.62. The van der Waals surface area contributed by atoms with Crippen LogP contribution in [0.15, 0.2) is 85.0 Å².